The lowest BCUT2D eigenvalue weighted by molar-refractivity contribution is -0.384. The molecule has 2 aromatic carbocycles. The molecule has 5 atom stereocenters. The van der Waals surface area contributed by atoms with Crippen molar-refractivity contribution in [3.05, 3.63) is 68.7 Å². The summed E-state index contributed by atoms with van der Waals surface area (Å²) in [4.78, 5) is 51.6. The number of amides is 2. The van der Waals surface area contributed by atoms with Gasteiger partial charge in [-0.1, -0.05) is 54.4 Å². The average Bonchev–Trinajstić information content (AvgIpc) is 3.28. The average molecular weight is 516 g/mol. The van der Waals surface area contributed by atoms with Crippen LogP contribution in [0.5, 0.6) is 0 Å². The van der Waals surface area contributed by atoms with Gasteiger partial charge in [-0.25, -0.2) is 4.90 Å². The van der Waals surface area contributed by atoms with E-state index in [4.69, 9.17) is 0 Å². The van der Waals surface area contributed by atoms with Gasteiger partial charge in [0, 0.05) is 22.6 Å². The summed E-state index contributed by atoms with van der Waals surface area (Å²) in [6.45, 7) is 3.58. The summed E-state index contributed by atoms with van der Waals surface area (Å²) in [5.74, 6) is -5.04. The second-order valence-corrected chi connectivity index (χ2v) is 9.37. The molecule has 33 heavy (non-hydrogen) atoms. The summed E-state index contributed by atoms with van der Waals surface area (Å²) in [7, 11) is 0. The molecule has 172 valence electrons. The number of nitrogens with zero attached hydrogens (tertiary/aromatic N) is 2. The Morgan fingerprint density at radius 1 is 1.24 bits per heavy atom. The number of nitrogens with one attached hydrogen (secondary N) is 1. The van der Waals surface area contributed by atoms with Crippen LogP contribution < -0.4 is 10.2 Å². The van der Waals surface area contributed by atoms with Crippen LogP contribution in [-0.2, 0) is 14.4 Å². The van der Waals surface area contributed by atoms with Crippen LogP contribution >= 0.6 is 15.9 Å². The minimum Gasteiger partial charge on any atom is -0.480 e. The van der Waals surface area contributed by atoms with Gasteiger partial charge < -0.3 is 5.11 Å². The monoisotopic (exact) mass is 515 g/mol. The Hall–Kier alpha value is -3.11. The fourth-order valence-electron chi connectivity index (χ4n) is 5.08. The molecule has 0 spiro atoms. The molecule has 5 unspecified atom stereocenters. The van der Waals surface area contributed by atoms with Crippen molar-refractivity contribution >= 4 is 45.1 Å². The van der Waals surface area contributed by atoms with Gasteiger partial charge in [0.1, 0.15) is 5.54 Å². The van der Waals surface area contributed by atoms with Gasteiger partial charge in [-0.2, -0.15) is 0 Å². The number of rotatable bonds is 6. The first-order valence-corrected chi connectivity index (χ1v) is 11.3. The minimum atomic E-state index is -1.67. The van der Waals surface area contributed by atoms with E-state index in [1.165, 1.54) is 18.2 Å². The third kappa shape index (κ3) is 3.44. The molecule has 2 aliphatic rings. The normalized spacial score (nSPS) is 27.5. The molecular weight excluding hydrogens is 494 g/mol. The van der Waals surface area contributed by atoms with Gasteiger partial charge in [-0.15, -0.1) is 0 Å². The highest BCUT2D eigenvalue weighted by Crippen LogP contribution is 2.53. The smallest absolute Gasteiger partial charge is 0.325 e. The van der Waals surface area contributed by atoms with E-state index in [1.54, 1.807) is 31.2 Å². The Kier molecular flexibility index (Phi) is 5.83. The van der Waals surface area contributed by atoms with Crippen molar-refractivity contribution in [2.75, 3.05) is 4.90 Å². The number of carbonyl (C=O) groups is 3. The molecule has 0 aromatic heterocycles. The van der Waals surface area contributed by atoms with E-state index in [1.807, 2.05) is 6.92 Å². The van der Waals surface area contributed by atoms with Gasteiger partial charge in [0.05, 0.1) is 22.4 Å². The summed E-state index contributed by atoms with van der Waals surface area (Å²) in [6, 6.07) is 11.7. The highest BCUT2D eigenvalue weighted by Gasteiger charge is 2.70. The van der Waals surface area contributed by atoms with Crippen molar-refractivity contribution < 1.29 is 24.4 Å². The first kappa shape index (κ1) is 23.1. The number of non-ortho nitro benzene ring substituents is 1. The second kappa shape index (κ2) is 8.35. The lowest BCUT2D eigenvalue weighted by Crippen LogP contribution is -2.59. The molecule has 0 bridgehead atoms. The zero-order chi connectivity index (χ0) is 24.1. The SMILES string of the molecule is CCC(C)C1(C(=O)O)NC(c2ccc(Br)cc2)C2C(=O)N(c3cccc([N+](=O)[O-])c3)C(=O)C21. The van der Waals surface area contributed by atoms with Crippen LogP contribution in [0, 0.1) is 27.9 Å². The van der Waals surface area contributed by atoms with Gasteiger partial charge >= 0.3 is 5.97 Å². The summed E-state index contributed by atoms with van der Waals surface area (Å²) < 4.78 is 0.819. The number of carboxylic acids is 1. The molecule has 2 heterocycles. The number of aliphatic carboxylic acids is 1. The molecule has 2 saturated heterocycles. The topological polar surface area (TPSA) is 130 Å². The maximum atomic E-state index is 13.7. The van der Waals surface area contributed by atoms with Crippen molar-refractivity contribution in [1.82, 2.24) is 5.32 Å². The molecule has 4 rings (SSSR count). The molecule has 2 aliphatic heterocycles. The number of halogens is 1. The number of carboxylic acid groups (broad SMARTS) is 1. The number of hydrogen-bond donors (Lipinski definition) is 2. The number of benzene rings is 2. The van der Waals surface area contributed by atoms with E-state index in [-0.39, 0.29) is 11.4 Å². The van der Waals surface area contributed by atoms with E-state index >= 15 is 0 Å². The molecule has 2 fully saturated rings. The van der Waals surface area contributed by atoms with E-state index in [9.17, 15) is 29.6 Å². The summed E-state index contributed by atoms with van der Waals surface area (Å²) >= 11 is 3.37. The Morgan fingerprint density at radius 3 is 2.48 bits per heavy atom. The quantitative estimate of drug-likeness (QED) is 0.340. The number of carbonyl (C=O) groups excluding carboxylic acids is 2. The van der Waals surface area contributed by atoms with Gasteiger partial charge in [0.15, 0.2) is 0 Å². The number of imide groups is 1. The Labute approximate surface area is 198 Å². The Balaban J connectivity index is 1.88. The fraction of sp³-hybridized carbons (Fsp3) is 0.348. The predicted octanol–water partition coefficient (Wildman–Crippen LogP) is 3.68. The Bertz CT molecular complexity index is 1150. The third-order valence-corrected chi connectivity index (χ3v) is 7.40. The van der Waals surface area contributed by atoms with Gasteiger partial charge in [-0.3, -0.25) is 29.8 Å². The van der Waals surface area contributed by atoms with Gasteiger partial charge in [0.2, 0.25) is 11.8 Å². The lowest BCUT2D eigenvalue weighted by Gasteiger charge is -2.36. The number of anilines is 1. The molecule has 10 heteroatoms. The van der Waals surface area contributed by atoms with E-state index in [0.717, 1.165) is 15.4 Å². The van der Waals surface area contributed by atoms with Crippen molar-refractivity contribution in [2.24, 2.45) is 17.8 Å². The Morgan fingerprint density at radius 2 is 1.91 bits per heavy atom. The summed E-state index contributed by atoms with van der Waals surface area (Å²) in [5, 5.41) is 24.8. The molecular formula is C23H22BrN3O6. The molecule has 0 aliphatic carbocycles. The summed E-state index contributed by atoms with van der Waals surface area (Å²) in [6.07, 6.45) is 0.466. The van der Waals surface area contributed by atoms with Crippen LogP contribution in [0.3, 0.4) is 0 Å². The van der Waals surface area contributed by atoms with Crippen LogP contribution in [0.25, 0.3) is 0 Å². The molecule has 2 aromatic rings. The van der Waals surface area contributed by atoms with E-state index in [0.29, 0.717) is 12.0 Å². The van der Waals surface area contributed by atoms with Crippen molar-refractivity contribution in [3.8, 4) is 0 Å². The lowest BCUT2D eigenvalue weighted by atomic mass is 9.72. The second-order valence-electron chi connectivity index (χ2n) is 8.45. The highest BCUT2D eigenvalue weighted by molar-refractivity contribution is 9.10. The molecule has 2 amide bonds. The van der Waals surface area contributed by atoms with Crippen LogP contribution in [0.1, 0.15) is 31.9 Å². The number of nitro groups is 1. The molecule has 9 nitrogen and oxygen atoms in total. The zero-order valence-corrected chi connectivity index (χ0v) is 19.5. The van der Waals surface area contributed by atoms with Crippen LogP contribution in [0.2, 0.25) is 0 Å². The standard InChI is InChI=1S/C23H22BrN3O6/c1-3-12(2)23(22(30)31)18-17(19(25-23)13-7-9-14(24)10-8-13)20(28)26(21(18)29)15-5-4-6-16(11-15)27(32)33/h4-12,17-19,25H,3H2,1-2H3,(H,30,31). The van der Waals surface area contributed by atoms with E-state index in [2.05, 4.69) is 21.2 Å². The highest BCUT2D eigenvalue weighted by atomic mass is 79.9. The largest absolute Gasteiger partial charge is 0.480 e. The molecule has 0 saturated carbocycles. The fourth-order valence-corrected chi connectivity index (χ4v) is 5.34. The maximum absolute atomic E-state index is 13.7. The minimum absolute atomic E-state index is 0.0617. The zero-order valence-electron chi connectivity index (χ0n) is 17.9. The van der Waals surface area contributed by atoms with Crippen LogP contribution in [0.15, 0.2) is 53.0 Å². The van der Waals surface area contributed by atoms with Crippen molar-refractivity contribution in [3.63, 3.8) is 0 Å². The number of hydrogen-bond acceptors (Lipinski definition) is 6. The van der Waals surface area contributed by atoms with Crippen LogP contribution in [-0.4, -0.2) is 33.4 Å². The van der Waals surface area contributed by atoms with Crippen molar-refractivity contribution in [2.45, 2.75) is 31.8 Å². The first-order chi connectivity index (χ1) is 15.6. The first-order valence-electron chi connectivity index (χ1n) is 10.5. The molecule has 0 radical (unpaired) electrons. The van der Waals surface area contributed by atoms with Gasteiger partial charge in [-0.05, 0) is 29.7 Å². The van der Waals surface area contributed by atoms with Crippen LogP contribution in [0.4, 0.5) is 11.4 Å². The maximum Gasteiger partial charge on any atom is 0.325 e. The third-order valence-electron chi connectivity index (χ3n) is 6.87. The predicted molar refractivity (Wildman–Crippen MR) is 122 cm³/mol. The number of nitro benzene ring substituents is 1. The number of fused-ring (bicyclic) bond motifs is 1. The van der Waals surface area contributed by atoms with Gasteiger partial charge in [0.25, 0.3) is 5.69 Å². The molecule has 2 N–H and O–H groups in total. The van der Waals surface area contributed by atoms with Crippen molar-refractivity contribution in [1.29, 1.82) is 0 Å². The summed E-state index contributed by atoms with van der Waals surface area (Å²) in [5.41, 5.74) is -1.19. The van der Waals surface area contributed by atoms with E-state index < -0.39 is 52.0 Å².